The first kappa shape index (κ1) is 21.1. The molecule has 2 aliphatic rings. The van der Waals surface area contributed by atoms with Gasteiger partial charge in [0.05, 0.1) is 6.42 Å². The topological polar surface area (TPSA) is 52.7 Å². The van der Waals surface area contributed by atoms with E-state index in [2.05, 4.69) is 29.3 Å². The highest BCUT2D eigenvalue weighted by Crippen LogP contribution is 2.23. The largest absolute Gasteiger partial charge is 0.330 e. The van der Waals surface area contributed by atoms with Crippen LogP contribution >= 0.6 is 11.3 Å². The lowest BCUT2D eigenvalue weighted by Crippen LogP contribution is -2.43. The molecule has 2 amide bonds. The van der Waals surface area contributed by atoms with Crippen LogP contribution in [0, 0.1) is 5.92 Å². The van der Waals surface area contributed by atoms with Crippen molar-refractivity contribution in [1.82, 2.24) is 9.80 Å². The van der Waals surface area contributed by atoms with Gasteiger partial charge in [0, 0.05) is 23.7 Å². The summed E-state index contributed by atoms with van der Waals surface area (Å²) in [7, 11) is 0. The van der Waals surface area contributed by atoms with Crippen molar-refractivity contribution in [2.75, 3.05) is 25.0 Å². The lowest BCUT2D eigenvalue weighted by molar-refractivity contribution is -0.136. The average molecular weight is 426 g/mol. The van der Waals surface area contributed by atoms with Crippen LogP contribution in [0.5, 0.6) is 0 Å². The number of rotatable bonds is 6. The molecule has 1 unspecified atom stereocenters. The molecule has 0 aliphatic carbocycles. The maximum atomic E-state index is 12.9. The van der Waals surface area contributed by atoms with Crippen molar-refractivity contribution in [3.05, 3.63) is 52.2 Å². The molecule has 1 atom stereocenters. The first-order valence-corrected chi connectivity index (χ1v) is 11.9. The van der Waals surface area contributed by atoms with Crippen molar-refractivity contribution in [3.8, 4) is 0 Å². The number of anilines is 1. The highest BCUT2D eigenvalue weighted by atomic mass is 32.1. The maximum absolute atomic E-state index is 12.9. The van der Waals surface area contributed by atoms with E-state index in [9.17, 15) is 9.59 Å². The number of piperidine rings is 1. The van der Waals surface area contributed by atoms with Gasteiger partial charge in [-0.2, -0.15) is 0 Å². The Morgan fingerprint density at radius 1 is 1.07 bits per heavy atom. The van der Waals surface area contributed by atoms with Crippen molar-refractivity contribution in [1.29, 1.82) is 0 Å². The minimum atomic E-state index is -0.368. The first-order valence-electron chi connectivity index (χ1n) is 11.0. The lowest BCUT2D eigenvalue weighted by atomic mass is 9.99. The molecule has 0 bridgehead atoms. The van der Waals surface area contributed by atoms with Gasteiger partial charge in [-0.1, -0.05) is 25.1 Å². The highest BCUT2D eigenvalue weighted by molar-refractivity contribution is 7.10. The summed E-state index contributed by atoms with van der Waals surface area (Å²) in [4.78, 5) is 30.8. The van der Waals surface area contributed by atoms with E-state index in [-0.39, 0.29) is 17.9 Å². The summed E-state index contributed by atoms with van der Waals surface area (Å²) in [5, 5.41) is 5.00. The van der Waals surface area contributed by atoms with Gasteiger partial charge in [-0.25, -0.2) is 0 Å². The van der Waals surface area contributed by atoms with Gasteiger partial charge in [0.2, 0.25) is 11.8 Å². The van der Waals surface area contributed by atoms with Crippen molar-refractivity contribution in [2.24, 2.45) is 5.92 Å². The second-order valence-electron chi connectivity index (χ2n) is 8.65. The standard InChI is InChI=1S/C24H31N3O2S/c1-18-10-13-26(14-11-18)17-19-6-8-20(9-7-19)25-24(29)22-5-2-12-27(22)23(28)16-21-4-3-15-30-21/h3-4,6-9,15,18,22H,2,5,10-14,16-17H2,1H3,(H,25,29). The molecule has 1 N–H and O–H groups in total. The molecule has 0 spiro atoms. The normalized spacial score (nSPS) is 20.4. The Hall–Kier alpha value is -2.18. The van der Waals surface area contributed by atoms with E-state index in [1.807, 2.05) is 29.6 Å². The molecule has 2 aromatic rings. The molecule has 30 heavy (non-hydrogen) atoms. The number of hydrogen-bond acceptors (Lipinski definition) is 4. The predicted octanol–water partition coefficient (Wildman–Crippen LogP) is 4.15. The zero-order chi connectivity index (χ0) is 20.9. The maximum Gasteiger partial charge on any atom is 0.247 e. The third-order valence-corrected chi connectivity index (χ3v) is 7.16. The van der Waals surface area contributed by atoms with Crippen LogP contribution in [0.3, 0.4) is 0 Å². The van der Waals surface area contributed by atoms with Gasteiger partial charge in [0.15, 0.2) is 0 Å². The Morgan fingerprint density at radius 3 is 2.53 bits per heavy atom. The fourth-order valence-electron chi connectivity index (χ4n) is 4.40. The number of thiophene rings is 1. The average Bonchev–Trinajstić information content (AvgIpc) is 3.43. The van der Waals surface area contributed by atoms with Gasteiger partial charge in [0.25, 0.3) is 0 Å². The van der Waals surface area contributed by atoms with E-state index in [1.54, 1.807) is 16.2 Å². The monoisotopic (exact) mass is 425 g/mol. The van der Waals surface area contributed by atoms with Crippen LogP contribution in [0.15, 0.2) is 41.8 Å². The Bertz CT molecular complexity index is 842. The van der Waals surface area contributed by atoms with Crippen LogP contribution in [-0.2, 0) is 22.6 Å². The minimum Gasteiger partial charge on any atom is -0.330 e. The Kier molecular flexibility index (Phi) is 6.85. The van der Waals surface area contributed by atoms with Gasteiger partial charge in [-0.15, -0.1) is 11.3 Å². The van der Waals surface area contributed by atoms with E-state index in [1.165, 1.54) is 18.4 Å². The van der Waals surface area contributed by atoms with E-state index in [0.29, 0.717) is 13.0 Å². The third kappa shape index (κ3) is 5.29. The van der Waals surface area contributed by atoms with Crippen LogP contribution in [-0.4, -0.2) is 47.3 Å². The third-order valence-electron chi connectivity index (χ3n) is 6.29. The molecule has 1 aromatic carbocycles. The number of carbonyl (C=O) groups excluding carboxylic acids is 2. The molecule has 160 valence electrons. The van der Waals surface area contributed by atoms with E-state index >= 15 is 0 Å². The summed E-state index contributed by atoms with van der Waals surface area (Å²) >= 11 is 1.58. The number of amides is 2. The molecule has 6 heteroatoms. The molecule has 3 heterocycles. The highest BCUT2D eigenvalue weighted by Gasteiger charge is 2.34. The molecule has 5 nitrogen and oxygen atoms in total. The van der Waals surface area contributed by atoms with Crippen LogP contribution < -0.4 is 5.32 Å². The molecular weight excluding hydrogens is 394 g/mol. The Labute approximate surface area is 183 Å². The number of nitrogens with zero attached hydrogens (tertiary/aromatic N) is 2. The summed E-state index contributed by atoms with van der Waals surface area (Å²) in [6.45, 7) is 6.29. The Morgan fingerprint density at radius 2 is 1.83 bits per heavy atom. The van der Waals surface area contributed by atoms with Crippen molar-refractivity contribution >= 4 is 28.8 Å². The SMILES string of the molecule is CC1CCN(Cc2ccc(NC(=O)C3CCCN3C(=O)Cc3cccs3)cc2)CC1. The van der Waals surface area contributed by atoms with Crippen molar-refractivity contribution < 1.29 is 9.59 Å². The Balaban J connectivity index is 1.31. The van der Waals surface area contributed by atoms with Crippen LogP contribution in [0.25, 0.3) is 0 Å². The number of hydrogen-bond donors (Lipinski definition) is 1. The smallest absolute Gasteiger partial charge is 0.247 e. The summed E-state index contributed by atoms with van der Waals surface area (Å²) in [5.74, 6) is 0.803. The van der Waals surface area contributed by atoms with Crippen molar-refractivity contribution in [3.63, 3.8) is 0 Å². The second kappa shape index (κ2) is 9.75. The fraction of sp³-hybridized carbons (Fsp3) is 0.500. The number of likely N-dealkylation sites (tertiary alicyclic amines) is 2. The molecule has 2 aliphatic heterocycles. The molecule has 4 rings (SSSR count). The summed E-state index contributed by atoms with van der Waals surface area (Å²) < 4.78 is 0. The van der Waals surface area contributed by atoms with Gasteiger partial charge in [-0.3, -0.25) is 14.5 Å². The molecule has 0 saturated carbocycles. The van der Waals surface area contributed by atoms with E-state index in [4.69, 9.17) is 0 Å². The molecule has 2 fully saturated rings. The number of nitrogens with one attached hydrogen (secondary N) is 1. The summed E-state index contributed by atoms with van der Waals surface area (Å²) in [6.07, 6.45) is 4.54. The summed E-state index contributed by atoms with van der Waals surface area (Å²) in [6, 6.07) is 11.7. The number of carbonyl (C=O) groups is 2. The van der Waals surface area contributed by atoms with E-state index < -0.39 is 0 Å². The fourth-order valence-corrected chi connectivity index (χ4v) is 5.09. The molecular formula is C24H31N3O2S. The molecule has 2 saturated heterocycles. The van der Waals surface area contributed by atoms with Crippen LogP contribution in [0.4, 0.5) is 5.69 Å². The van der Waals surface area contributed by atoms with Gasteiger partial charge < -0.3 is 10.2 Å². The quantitative estimate of drug-likeness (QED) is 0.756. The number of benzene rings is 1. The predicted molar refractivity (Wildman–Crippen MR) is 122 cm³/mol. The zero-order valence-corrected chi connectivity index (χ0v) is 18.5. The molecule has 0 radical (unpaired) electrons. The second-order valence-corrected chi connectivity index (χ2v) is 9.68. The van der Waals surface area contributed by atoms with Crippen LogP contribution in [0.2, 0.25) is 0 Å². The van der Waals surface area contributed by atoms with Gasteiger partial charge >= 0.3 is 0 Å². The lowest BCUT2D eigenvalue weighted by Gasteiger charge is -2.30. The van der Waals surface area contributed by atoms with Crippen LogP contribution in [0.1, 0.15) is 43.0 Å². The van der Waals surface area contributed by atoms with Gasteiger partial charge in [0.1, 0.15) is 6.04 Å². The van der Waals surface area contributed by atoms with Crippen molar-refractivity contribution in [2.45, 2.75) is 51.6 Å². The molecule has 1 aromatic heterocycles. The van der Waals surface area contributed by atoms with Gasteiger partial charge in [-0.05, 0) is 73.8 Å². The first-order chi connectivity index (χ1) is 14.6. The minimum absolute atomic E-state index is 0.0429. The van der Waals surface area contributed by atoms with E-state index in [0.717, 1.165) is 49.0 Å². The summed E-state index contributed by atoms with van der Waals surface area (Å²) in [5.41, 5.74) is 2.07. The zero-order valence-electron chi connectivity index (χ0n) is 17.7.